The van der Waals surface area contributed by atoms with Crippen molar-refractivity contribution in [2.45, 2.75) is 10.3 Å². The van der Waals surface area contributed by atoms with Gasteiger partial charge >= 0.3 is 0 Å². The number of carbonyl (C=O) groups excluding carboxylic acids is 1. The molecular weight excluding hydrogens is 414 g/mol. The number of hydrogen-bond donors (Lipinski definition) is 3. The van der Waals surface area contributed by atoms with Gasteiger partial charge in [0.1, 0.15) is 17.0 Å². The number of nitrogens with one attached hydrogen (secondary N) is 2. The Balaban J connectivity index is 1.73. The van der Waals surface area contributed by atoms with Crippen LogP contribution in [0.3, 0.4) is 0 Å². The van der Waals surface area contributed by atoms with Crippen molar-refractivity contribution in [3.63, 3.8) is 0 Å². The van der Waals surface area contributed by atoms with Crippen molar-refractivity contribution in [3.05, 3.63) is 77.2 Å². The fraction of sp³-hybridized carbons (Fsp3) is 0.105. The zero-order valence-electron chi connectivity index (χ0n) is 15.0. The predicted octanol–water partition coefficient (Wildman–Crippen LogP) is 1.71. The maximum Gasteiger partial charge on any atom is 0.263 e. The fourth-order valence-corrected chi connectivity index (χ4v) is 4.31. The molecule has 8 nitrogen and oxygen atoms in total. The quantitative estimate of drug-likeness (QED) is 0.666. The molecule has 4 N–H and O–H groups in total. The second kappa shape index (κ2) is 7.02. The minimum Gasteiger partial charge on any atom is -0.368 e. The zero-order valence-corrected chi connectivity index (χ0v) is 16.5. The molecule has 1 aromatic heterocycles. The Kier molecular flexibility index (Phi) is 4.64. The number of benzene rings is 1. The molecule has 1 unspecified atom stereocenters. The molecule has 4 rings (SSSR count). The van der Waals surface area contributed by atoms with Crippen molar-refractivity contribution in [3.8, 4) is 0 Å². The van der Waals surface area contributed by atoms with E-state index in [1.807, 2.05) is 0 Å². The van der Waals surface area contributed by atoms with Crippen LogP contribution in [0, 0.1) is 0 Å². The highest BCUT2D eigenvalue weighted by Crippen LogP contribution is 2.33. The molecule has 0 saturated heterocycles. The van der Waals surface area contributed by atoms with Gasteiger partial charge in [0.05, 0.1) is 11.4 Å². The monoisotopic (exact) mass is 429 g/mol. The SMILES string of the molecule is NC(=O)C1(c2cncc(S(=O)(=O)Nc3ccc(Cl)cc3)c2)C=CC2=NCNC2=C1. The van der Waals surface area contributed by atoms with Gasteiger partial charge in [-0.25, -0.2) is 8.42 Å². The van der Waals surface area contributed by atoms with E-state index in [0.29, 0.717) is 34.4 Å². The maximum absolute atomic E-state index is 12.8. The van der Waals surface area contributed by atoms with Gasteiger partial charge in [-0.3, -0.25) is 19.5 Å². The van der Waals surface area contributed by atoms with Crippen molar-refractivity contribution in [2.75, 3.05) is 11.4 Å². The third-order valence-corrected chi connectivity index (χ3v) is 6.28. The second-order valence-corrected chi connectivity index (χ2v) is 8.64. The molecule has 2 aliphatic rings. The van der Waals surface area contributed by atoms with Crippen LogP contribution in [0.15, 0.2) is 76.5 Å². The number of fused-ring (bicyclic) bond motifs is 1. The highest BCUT2D eigenvalue weighted by Gasteiger charge is 2.39. The molecule has 0 fully saturated rings. The number of carbonyl (C=O) groups is 1. The smallest absolute Gasteiger partial charge is 0.263 e. The largest absolute Gasteiger partial charge is 0.368 e. The molecule has 1 amide bonds. The molecular formula is C19H16ClN5O3S. The molecule has 1 atom stereocenters. The average Bonchev–Trinajstić information content (AvgIpc) is 3.17. The van der Waals surface area contributed by atoms with E-state index < -0.39 is 21.3 Å². The average molecular weight is 430 g/mol. The first-order valence-corrected chi connectivity index (χ1v) is 10.4. The van der Waals surface area contributed by atoms with E-state index in [1.165, 1.54) is 18.5 Å². The molecule has 2 heterocycles. The number of sulfonamides is 1. The van der Waals surface area contributed by atoms with Crippen LogP contribution >= 0.6 is 11.6 Å². The van der Waals surface area contributed by atoms with Crippen LogP contribution < -0.4 is 15.8 Å². The van der Waals surface area contributed by atoms with E-state index in [0.717, 1.165) is 0 Å². The molecule has 1 aliphatic carbocycles. The normalized spacial score (nSPS) is 20.3. The number of aromatic nitrogens is 1. The number of nitrogens with two attached hydrogens (primary N) is 1. The third-order valence-electron chi connectivity index (χ3n) is 4.68. The van der Waals surface area contributed by atoms with Gasteiger partial charge in [0.25, 0.3) is 10.0 Å². The van der Waals surface area contributed by atoms with E-state index in [2.05, 4.69) is 20.0 Å². The lowest BCUT2D eigenvalue weighted by atomic mass is 9.76. The van der Waals surface area contributed by atoms with Crippen molar-refractivity contribution in [2.24, 2.45) is 10.7 Å². The number of rotatable bonds is 5. The highest BCUT2D eigenvalue weighted by molar-refractivity contribution is 7.92. The lowest BCUT2D eigenvalue weighted by Gasteiger charge is -2.27. The molecule has 29 heavy (non-hydrogen) atoms. The summed E-state index contributed by atoms with van der Waals surface area (Å²) in [5.74, 6) is -0.656. The number of hydrogen-bond acceptors (Lipinski definition) is 6. The maximum atomic E-state index is 12.8. The van der Waals surface area contributed by atoms with Crippen molar-refractivity contribution >= 4 is 38.9 Å². The first kappa shape index (κ1) is 19.2. The van der Waals surface area contributed by atoms with Crippen LogP contribution in [0.25, 0.3) is 0 Å². The van der Waals surface area contributed by atoms with E-state index in [4.69, 9.17) is 17.3 Å². The lowest BCUT2D eigenvalue weighted by molar-refractivity contribution is -0.120. The van der Waals surface area contributed by atoms with Gasteiger partial charge in [0, 0.05) is 23.1 Å². The Morgan fingerprint density at radius 3 is 2.72 bits per heavy atom. The summed E-state index contributed by atoms with van der Waals surface area (Å²) in [5, 5.41) is 3.54. The van der Waals surface area contributed by atoms with E-state index >= 15 is 0 Å². The van der Waals surface area contributed by atoms with Gasteiger partial charge in [-0.1, -0.05) is 17.7 Å². The summed E-state index contributed by atoms with van der Waals surface area (Å²) in [6, 6.07) is 7.62. The summed E-state index contributed by atoms with van der Waals surface area (Å²) in [6.45, 7) is 0.401. The van der Waals surface area contributed by atoms with Crippen LogP contribution in [0.2, 0.25) is 5.02 Å². The molecule has 0 radical (unpaired) electrons. The Hall–Kier alpha value is -3.17. The predicted molar refractivity (Wildman–Crippen MR) is 110 cm³/mol. The Morgan fingerprint density at radius 1 is 1.24 bits per heavy atom. The summed E-state index contributed by atoms with van der Waals surface area (Å²) in [6.07, 6.45) is 7.56. The van der Waals surface area contributed by atoms with E-state index in [9.17, 15) is 13.2 Å². The summed E-state index contributed by atoms with van der Waals surface area (Å²) in [5.41, 5.74) is 6.42. The molecule has 0 bridgehead atoms. The number of nitrogens with zero attached hydrogens (tertiary/aromatic N) is 2. The van der Waals surface area contributed by atoms with Gasteiger partial charge in [-0.2, -0.15) is 0 Å². The van der Waals surface area contributed by atoms with Crippen LogP contribution in [-0.4, -0.2) is 31.7 Å². The summed E-state index contributed by atoms with van der Waals surface area (Å²) in [4.78, 5) is 20.6. The van der Waals surface area contributed by atoms with Crippen molar-refractivity contribution in [1.82, 2.24) is 10.3 Å². The Bertz CT molecular complexity index is 1190. The van der Waals surface area contributed by atoms with E-state index in [1.54, 1.807) is 42.5 Å². The van der Waals surface area contributed by atoms with Gasteiger partial charge < -0.3 is 11.1 Å². The molecule has 1 aromatic carbocycles. The van der Waals surface area contributed by atoms with Crippen LogP contribution in [0.1, 0.15) is 5.56 Å². The molecule has 148 valence electrons. The van der Waals surface area contributed by atoms with Crippen LogP contribution in [0.4, 0.5) is 5.69 Å². The summed E-state index contributed by atoms with van der Waals surface area (Å²) >= 11 is 5.83. The number of aliphatic imine (C=N–C) groups is 1. The molecule has 0 spiro atoms. The van der Waals surface area contributed by atoms with Crippen LogP contribution in [0.5, 0.6) is 0 Å². The van der Waals surface area contributed by atoms with Crippen molar-refractivity contribution in [1.29, 1.82) is 0 Å². The minimum atomic E-state index is -3.95. The van der Waals surface area contributed by atoms with Gasteiger partial charge in [0.15, 0.2) is 0 Å². The zero-order chi connectivity index (χ0) is 20.6. The van der Waals surface area contributed by atoms with Crippen LogP contribution in [-0.2, 0) is 20.2 Å². The summed E-state index contributed by atoms with van der Waals surface area (Å²) < 4.78 is 28.1. The first-order chi connectivity index (χ1) is 13.8. The molecule has 1 aliphatic heterocycles. The number of primary amides is 1. The Labute approximate surface area is 172 Å². The molecule has 2 aromatic rings. The van der Waals surface area contributed by atoms with Crippen molar-refractivity contribution < 1.29 is 13.2 Å². The number of anilines is 1. The minimum absolute atomic E-state index is 0.101. The molecule has 0 saturated carbocycles. The standard InChI is InChI=1S/C19H16ClN5O3S/c20-13-1-3-14(4-2-13)25-29(27,28)15-7-12(9-22-10-15)19(18(21)26)6-5-16-17(8-19)24-11-23-16/h1-10,24-25H,11H2,(H2,21,26). The number of amides is 1. The van der Waals surface area contributed by atoms with Gasteiger partial charge in [-0.15, -0.1) is 0 Å². The third kappa shape index (κ3) is 3.50. The lowest BCUT2D eigenvalue weighted by Crippen LogP contribution is -2.41. The topological polar surface area (TPSA) is 127 Å². The van der Waals surface area contributed by atoms with Gasteiger partial charge in [0.2, 0.25) is 5.91 Å². The van der Waals surface area contributed by atoms with E-state index in [-0.39, 0.29) is 4.90 Å². The second-order valence-electron chi connectivity index (χ2n) is 6.52. The Morgan fingerprint density at radius 2 is 2.00 bits per heavy atom. The fourth-order valence-electron chi connectivity index (χ4n) is 3.14. The highest BCUT2D eigenvalue weighted by atomic mass is 35.5. The number of pyridine rings is 1. The molecule has 10 heteroatoms. The number of halogens is 1. The summed E-state index contributed by atoms with van der Waals surface area (Å²) in [7, 11) is -3.95. The first-order valence-electron chi connectivity index (χ1n) is 8.55. The van der Waals surface area contributed by atoms with Gasteiger partial charge in [-0.05, 0) is 48.0 Å². The number of allylic oxidation sites excluding steroid dienone is 1.